The molecule has 0 N–H and O–H groups in total. The highest BCUT2D eigenvalue weighted by molar-refractivity contribution is 6.25. The second-order valence-electron chi connectivity index (χ2n) is 16.4. The van der Waals surface area contributed by atoms with E-state index in [1.54, 1.807) is 0 Å². The molecule has 0 amide bonds. The molecule has 8 aromatic carbocycles. The number of aryl methyl sites for hydroxylation is 2. The summed E-state index contributed by atoms with van der Waals surface area (Å²) < 4.78 is 2.39. The highest BCUT2D eigenvalue weighted by Crippen LogP contribution is 2.47. The van der Waals surface area contributed by atoms with Gasteiger partial charge in [0, 0.05) is 56.2 Å². The number of nitrogens with zero attached hydrogens (tertiary/aromatic N) is 4. The van der Waals surface area contributed by atoms with E-state index in [0.29, 0.717) is 0 Å². The lowest BCUT2D eigenvalue weighted by Gasteiger charge is -2.29. The maximum absolute atomic E-state index is 5.80. The highest BCUT2D eigenvalue weighted by Gasteiger charge is 2.27. The topological polar surface area (TPSA) is 24.3 Å². The fourth-order valence-corrected chi connectivity index (χ4v) is 10.1. The fraction of sp³-hybridized carbons (Fsp3) is 0.0678. The Kier molecular flexibility index (Phi) is 9.35. The summed E-state index contributed by atoms with van der Waals surface area (Å²) in [6, 6.07) is 57.1. The van der Waals surface area contributed by atoms with Crippen molar-refractivity contribution in [3.05, 3.63) is 242 Å². The Morgan fingerprint density at radius 1 is 0.429 bits per heavy atom. The van der Waals surface area contributed by atoms with E-state index in [0.717, 1.165) is 115 Å². The van der Waals surface area contributed by atoms with Crippen LogP contribution in [0.2, 0.25) is 0 Å². The van der Waals surface area contributed by atoms with Crippen molar-refractivity contribution in [2.45, 2.75) is 25.7 Å². The lowest BCUT2D eigenvalue weighted by molar-refractivity contribution is 0.974. The zero-order valence-electron chi connectivity index (χ0n) is 35.3. The SMILES string of the molecule is C=CC1=C(C=C)N(c2ccc3c4ccc(N5C(C=C)=C(C=C)CCc6ccccc65)cc4c4c(nc(-c5cccc6ccccc56)n4-c4ccccc4)c3c2)c2ccccc2CC1. The lowest BCUT2D eigenvalue weighted by Crippen LogP contribution is -2.17. The van der Waals surface area contributed by atoms with Crippen LogP contribution >= 0.6 is 0 Å². The van der Waals surface area contributed by atoms with Crippen LogP contribution in [0.4, 0.5) is 22.7 Å². The van der Waals surface area contributed by atoms with Gasteiger partial charge in [-0.05, 0) is 130 Å². The standard InChI is InChI=1S/C59H46N4/c1-5-39-29-31-42-20-13-16-27-55(42)61(53(39)7-3)45-33-35-48-49-36-34-46(62-54(8-4)40(6-2)30-32-43-21-14-17-28-56(43)62)38-52(49)58-57(51(48)37-45)60-59(63(58)44-23-10-9-11-24-44)50-26-18-22-41-19-12-15-25-47(41)50/h5-28,33-38H,1-4,29-32H2. The number of aromatic nitrogens is 2. The van der Waals surface area contributed by atoms with E-state index in [2.05, 4.69) is 198 Å². The van der Waals surface area contributed by atoms with Gasteiger partial charge in [0.05, 0.1) is 11.0 Å². The summed E-state index contributed by atoms with van der Waals surface area (Å²) in [6.45, 7) is 17.2. The Bertz CT molecular complexity index is 3430. The van der Waals surface area contributed by atoms with Gasteiger partial charge in [0.25, 0.3) is 0 Å². The van der Waals surface area contributed by atoms with Crippen LogP contribution in [0.25, 0.3) is 60.4 Å². The second kappa shape index (κ2) is 15.5. The molecule has 9 aromatic rings. The van der Waals surface area contributed by atoms with Gasteiger partial charge < -0.3 is 9.80 Å². The maximum Gasteiger partial charge on any atom is 0.146 e. The molecule has 2 aliphatic heterocycles. The van der Waals surface area contributed by atoms with Crippen molar-refractivity contribution in [1.82, 2.24) is 9.55 Å². The summed E-state index contributed by atoms with van der Waals surface area (Å²) in [5.41, 5.74) is 15.5. The van der Waals surface area contributed by atoms with Crippen LogP contribution in [0.15, 0.2) is 231 Å². The van der Waals surface area contributed by atoms with Crippen LogP contribution in [0.3, 0.4) is 0 Å². The minimum Gasteiger partial charge on any atom is -0.310 e. The molecule has 0 aliphatic carbocycles. The number of para-hydroxylation sites is 3. The number of fused-ring (bicyclic) bond motifs is 9. The van der Waals surface area contributed by atoms with Crippen LogP contribution in [0.1, 0.15) is 24.0 Å². The Morgan fingerprint density at radius 2 is 0.968 bits per heavy atom. The monoisotopic (exact) mass is 810 g/mol. The van der Waals surface area contributed by atoms with Gasteiger partial charge in [-0.15, -0.1) is 0 Å². The summed E-state index contributed by atoms with van der Waals surface area (Å²) >= 11 is 0. The van der Waals surface area contributed by atoms with Crippen LogP contribution in [-0.2, 0) is 12.8 Å². The Morgan fingerprint density at radius 3 is 1.59 bits per heavy atom. The zero-order valence-corrected chi connectivity index (χ0v) is 35.3. The molecule has 2 aliphatic rings. The average molecular weight is 811 g/mol. The first-order valence-corrected chi connectivity index (χ1v) is 21.8. The molecule has 0 unspecified atom stereocenters. The van der Waals surface area contributed by atoms with Gasteiger partial charge in [-0.2, -0.15) is 0 Å². The number of benzene rings is 8. The van der Waals surface area contributed by atoms with E-state index >= 15 is 0 Å². The lowest BCUT2D eigenvalue weighted by atomic mass is 9.97. The van der Waals surface area contributed by atoms with Crippen molar-refractivity contribution in [2.24, 2.45) is 0 Å². The summed E-state index contributed by atoms with van der Waals surface area (Å²) in [4.78, 5) is 10.5. The normalized spacial score (nSPS) is 14.2. The zero-order chi connectivity index (χ0) is 42.6. The fourth-order valence-electron chi connectivity index (χ4n) is 10.1. The summed E-state index contributed by atoms with van der Waals surface area (Å²) in [5.74, 6) is 0.888. The van der Waals surface area contributed by atoms with Gasteiger partial charge in [0.15, 0.2) is 0 Å². The van der Waals surface area contributed by atoms with Crippen molar-refractivity contribution in [1.29, 1.82) is 0 Å². The number of hydrogen-bond donors (Lipinski definition) is 0. The van der Waals surface area contributed by atoms with Crippen LogP contribution in [-0.4, -0.2) is 9.55 Å². The number of hydrogen-bond acceptors (Lipinski definition) is 3. The molecular formula is C59H46N4. The summed E-state index contributed by atoms with van der Waals surface area (Å²) in [6.07, 6.45) is 11.6. The first kappa shape index (κ1) is 38.0. The van der Waals surface area contributed by atoms with Crippen molar-refractivity contribution in [3.63, 3.8) is 0 Å². The molecule has 3 heterocycles. The summed E-state index contributed by atoms with van der Waals surface area (Å²) in [5, 5.41) is 6.78. The van der Waals surface area contributed by atoms with Crippen LogP contribution < -0.4 is 9.80 Å². The third kappa shape index (κ3) is 6.09. The van der Waals surface area contributed by atoms with E-state index in [4.69, 9.17) is 4.98 Å². The molecule has 4 heteroatoms. The Labute approximate surface area is 368 Å². The third-order valence-corrected chi connectivity index (χ3v) is 13.1. The van der Waals surface area contributed by atoms with Crippen molar-refractivity contribution < 1.29 is 0 Å². The predicted molar refractivity (Wildman–Crippen MR) is 268 cm³/mol. The molecule has 63 heavy (non-hydrogen) atoms. The molecule has 0 bridgehead atoms. The van der Waals surface area contributed by atoms with Crippen molar-refractivity contribution in [2.75, 3.05) is 9.80 Å². The first-order valence-electron chi connectivity index (χ1n) is 21.8. The molecule has 1 aromatic heterocycles. The van der Waals surface area contributed by atoms with Gasteiger partial charge >= 0.3 is 0 Å². The number of anilines is 4. The van der Waals surface area contributed by atoms with E-state index in [9.17, 15) is 0 Å². The number of imidazole rings is 1. The molecule has 4 nitrogen and oxygen atoms in total. The van der Waals surface area contributed by atoms with Gasteiger partial charge in [-0.25, -0.2) is 4.98 Å². The van der Waals surface area contributed by atoms with Crippen LogP contribution in [0, 0.1) is 0 Å². The molecule has 0 fully saturated rings. The molecule has 0 spiro atoms. The van der Waals surface area contributed by atoms with E-state index < -0.39 is 0 Å². The van der Waals surface area contributed by atoms with E-state index in [1.807, 2.05) is 24.3 Å². The highest BCUT2D eigenvalue weighted by atomic mass is 15.2. The van der Waals surface area contributed by atoms with Crippen molar-refractivity contribution in [3.8, 4) is 17.1 Å². The number of rotatable bonds is 8. The van der Waals surface area contributed by atoms with Crippen molar-refractivity contribution >= 4 is 66.1 Å². The van der Waals surface area contributed by atoms with E-state index in [1.165, 1.54) is 27.7 Å². The predicted octanol–water partition coefficient (Wildman–Crippen LogP) is 15.6. The minimum atomic E-state index is 0.886. The smallest absolute Gasteiger partial charge is 0.146 e. The number of allylic oxidation sites excluding steroid dienone is 6. The molecule has 0 saturated carbocycles. The third-order valence-electron chi connectivity index (χ3n) is 13.1. The molecule has 302 valence electrons. The molecule has 0 saturated heterocycles. The quantitative estimate of drug-likeness (QED) is 0.143. The second-order valence-corrected chi connectivity index (χ2v) is 16.4. The van der Waals surface area contributed by atoms with Crippen LogP contribution in [0.5, 0.6) is 0 Å². The molecule has 0 radical (unpaired) electrons. The molecule has 0 atom stereocenters. The largest absolute Gasteiger partial charge is 0.310 e. The van der Waals surface area contributed by atoms with Gasteiger partial charge in [-0.1, -0.05) is 148 Å². The Hall–Kier alpha value is -7.95. The van der Waals surface area contributed by atoms with Gasteiger partial charge in [0.1, 0.15) is 5.82 Å². The first-order chi connectivity index (χ1) is 31.1. The average Bonchev–Trinajstić information content (AvgIpc) is 3.57. The summed E-state index contributed by atoms with van der Waals surface area (Å²) in [7, 11) is 0. The van der Waals surface area contributed by atoms with E-state index in [-0.39, 0.29) is 0 Å². The Balaban J connectivity index is 1.29. The van der Waals surface area contributed by atoms with Gasteiger partial charge in [-0.3, -0.25) is 4.57 Å². The molecule has 11 rings (SSSR count). The minimum absolute atomic E-state index is 0.886. The molecular weight excluding hydrogens is 765 g/mol. The van der Waals surface area contributed by atoms with Gasteiger partial charge in [0.2, 0.25) is 0 Å². The maximum atomic E-state index is 5.80.